The predicted octanol–water partition coefficient (Wildman–Crippen LogP) is 6.42. The molecule has 0 bridgehead atoms. The molecule has 1 aliphatic rings. The molecule has 166 valence electrons. The molecular formula is C24H16Cl2N2O3S2. The number of nitrogens with zero attached hydrogens (tertiary/aromatic N) is 1. The van der Waals surface area contributed by atoms with Crippen LogP contribution in [-0.4, -0.2) is 22.7 Å². The highest BCUT2D eigenvalue weighted by Crippen LogP contribution is 2.36. The summed E-state index contributed by atoms with van der Waals surface area (Å²) < 4.78 is 6.08. The third-order valence-electron chi connectivity index (χ3n) is 4.48. The van der Waals surface area contributed by atoms with Crippen molar-refractivity contribution in [3.05, 3.63) is 93.3 Å². The van der Waals surface area contributed by atoms with Crippen LogP contribution >= 0.6 is 47.2 Å². The van der Waals surface area contributed by atoms with E-state index in [0.717, 1.165) is 11.3 Å². The molecule has 4 rings (SSSR count). The number of halogens is 2. The molecule has 1 saturated heterocycles. The van der Waals surface area contributed by atoms with E-state index >= 15 is 0 Å². The molecule has 0 spiro atoms. The molecular weight excluding hydrogens is 499 g/mol. The normalized spacial score (nSPS) is 14.6. The van der Waals surface area contributed by atoms with Gasteiger partial charge in [0.15, 0.2) is 10.9 Å². The maximum absolute atomic E-state index is 12.9. The highest BCUT2D eigenvalue weighted by Gasteiger charge is 2.33. The second-order valence-electron chi connectivity index (χ2n) is 6.92. The van der Waals surface area contributed by atoms with E-state index in [1.54, 1.807) is 42.5 Å². The number of rotatable bonds is 6. The molecule has 1 fully saturated rings. The lowest BCUT2D eigenvalue weighted by Gasteiger charge is -2.13. The van der Waals surface area contributed by atoms with Gasteiger partial charge in [-0.2, -0.15) is 0 Å². The summed E-state index contributed by atoms with van der Waals surface area (Å²) in [5, 5.41) is 3.53. The van der Waals surface area contributed by atoms with Crippen molar-refractivity contribution in [2.24, 2.45) is 0 Å². The highest BCUT2D eigenvalue weighted by atomic mass is 35.5. The van der Waals surface area contributed by atoms with Gasteiger partial charge in [-0.15, -0.1) is 0 Å². The van der Waals surface area contributed by atoms with Gasteiger partial charge in [-0.05, 0) is 54.1 Å². The van der Waals surface area contributed by atoms with Gasteiger partial charge in [0.1, 0.15) is 5.75 Å². The van der Waals surface area contributed by atoms with Gasteiger partial charge in [-0.3, -0.25) is 14.5 Å². The third kappa shape index (κ3) is 5.94. The van der Waals surface area contributed by atoms with Crippen LogP contribution in [0.2, 0.25) is 10.0 Å². The van der Waals surface area contributed by atoms with Crippen LogP contribution in [-0.2, 0) is 9.59 Å². The van der Waals surface area contributed by atoms with Crippen LogP contribution in [0, 0.1) is 0 Å². The van der Waals surface area contributed by atoms with Crippen molar-refractivity contribution in [1.29, 1.82) is 0 Å². The first kappa shape index (κ1) is 23.3. The first-order valence-corrected chi connectivity index (χ1v) is 11.7. The highest BCUT2D eigenvalue weighted by molar-refractivity contribution is 8.27. The maximum atomic E-state index is 12.9. The Morgan fingerprint density at radius 3 is 2.48 bits per heavy atom. The molecule has 33 heavy (non-hydrogen) atoms. The predicted molar refractivity (Wildman–Crippen MR) is 139 cm³/mol. The lowest BCUT2D eigenvalue weighted by Crippen LogP contribution is -2.27. The number of ether oxygens (including phenoxy) is 1. The van der Waals surface area contributed by atoms with Gasteiger partial charge in [0.25, 0.3) is 11.8 Å². The van der Waals surface area contributed by atoms with Gasteiger partial charge < -0.3 is 10.1 Å². The van der Waals surface area contributed by atoms with E-state index in [4.69, 9.17) is 40.2 Å². The zero-order chi connectivity index (χ0) is 23.4. The van der Waals surface area contributed by atoms with Gasteiger partial charge >= 0.3 is 0 Å². The summed E-state index contributed by atoms with van der Waals surface area (Å²) >= 11 is 18.5. The first-order valence-electron chi connectivity index (χ1n) is 9.71. The summed E-state index contributed by atoms with van der Waals surface area (Å²) in [6.45, 7) is -0.205. The minimum Gasteiger partial charge on any atom is -0.484 e. The Bertz CT molecular complexity index is 1250. The second-order valence-corrected chi connectivity index (χ2v) is 9.47. The summed E-state index contributed by atoms with van der Waals surface area (Å²) in [7, 11) is 0. The van der Waals surface area contributed by atoms with Crippen LogP contribution in [0.4, 0.5) is 11.4 Å². The standard InChI is InChI=1S/C24H16Cl2N2O3S2/c25-16-11-17(26)13-18(12-16)27-22(29)14-31-20-8-4-5-15(9-20)10-21-23(30)28(24(32)33-21)19-6-2-1-3-7-19/h1-13H,14H2,(H,27,29)/b21-10-. The number of benzene rings is 3. The number of para-hydroxylation sites is 1. The van der Waals surface area contributed by atoms with E-state index in [-0.39, 0.29) is 18.4 Å². The number of carbonyl (C=O) groups is 2. The molecule has 0 atom stereocenters. The van der Waals surface area contributed by atoms with Crippen LogP contribution in [0.25, 0.3) is 6.08 Å². The smallest absolute Gasteiger partial charge is 0.270 e. The van der Waals surface area contributed by atoms with Gasteiger partial charge in [0.05, 0.1) is 10.6 Å². The molecule has 1 heterocycles. The van der Waals surface area contributed by atoms with E-state index in [0.29, 0.717) is 30.7 Å². The molecule has 0 unspecified atom stereocenters. The van der Waals surface area contributed by atoms with Crippen molar-refractivity contribution in [1.82, 2.24) is 0 Å². The molecule has 9 heteroatoms. The van der Waals surface area contributed by atoms with Crippen molar-refractivity contribution in [3.8, 4) is 5.75 Å². The Kier molecular flexibility index (Phi) is 7.35. The van der Waals surface area contributed by atoms with E-state index in [1.165, 1.54) is 16.7 Å². The Morgan fingerprint density at radius 1 is 1.03 bits per heavy atom. The number of anilines is 2. The maximum Gasteiger partial charge on any atom is 0.270 e. The Balaban J connectivity index is 1.41. The molecule has 0 aliphatic carbocycles. The topological polar surface area (TPSA) is 58.6 Å². The summed E-state index contributed by atoms with van der Waals surface area (Å²) in [5.74, 6) is -0.0499. The van der Waals surface area contributed by atoms with Crippen LogP contribution in [0.15, 0.2) is 77.7 Å². The zero-order valence-electron chi connectivity index (χ0n) is 17.0. The van der Waals surface area contributed by atoms with Crippen molar-refractivity contribution >= 4 is 80.8 Å². The van der Waals surface area contributed by atoms with Crippen molar-refractivity contribution in [3.63, 3.8) is 0 Å². The fraction of sp³-hybridized carbons (Fsp3) is 0.0417. The molecule has 0 aromatic heterocycles. The average Bonchev–Trinajstić information content (AvgIpc) is 3.05. The molecule has 2 amide bonds. The molecule has 0 saturated carbocycles. The van der Waals surface area contributed by atoms with Gasteiger partial charge in [-0.25, -0.2) is 0 Å². The van der Waals surface area contributed by atoms with Gasteiger partial charge in [0, 0.05) is 15.7 Å². The van der Waals surface area contributed by atoms with Crippen LogP contribution in [0.1, 0.15) is 5.56 Å². The van der Waals surface area contributed by atoms with E-state index in [1.807, 2.05) is 36.4 Å². The quantitative estimate of drug-likeness (QED) is 0.304. The first-order chi connectivity index (χ1) is 15.9. The molecule has 3 aromatic rings. The van der Waals surface area contributed by atoms with E-state index < -0.39 is 0 Å². The third-order valence-corrected chi connectivity index (χ3v) is 6.22. The lowest BCUT2D eigenvalue weighted by atomic mass is 10.2. The Morgan fingerprint density at radius 2 is 1.76 bits per heavy atom. The van der Waals surface area contributed by atoms with Crippen LogP contribution in [0.3, 0.4) is 0 Å². The van der Waals surface area contributed by atoms with Gasteiger partial charge in [0.2, 0.25) is 0 Å². The number of thiocarbonyl (C=S) groups is 1. The Hall–Kier alpha value is -2.84. The van der Waals surface area contributed by atoms with Crippen LogP contribution < -0.4 is 15.0 Å². The van der Waals surface area contributed by atoms with E-state index in [2.05, 4.69) is 5.32 Å². The minimum absolute atomic E-state index is 0.179. The molecule has 3 aromatic carbocycles. The summed E-state index contributed by atoms with van der Waals surface area (Å²) in [6.07, 6.45) is 1.75. The number of nitrogens with one attached hydrogen (secondary N) is 1. The van der Waals surface area contributed by atoms with Crippen molar-refractivity contribution < 1.29 is 14.3 Å². The van der Waals surface area contributed by atoms with E-state index in [9.17, 15) is 9.59 Å². The number of thioether (sulfide) groups is 1. The summed E-state index contributed by atoms with van der Waals surface area (Å²) in [4.78, 5) is 27.1. The van der Waals surface area contributed by atoms with Crippen molar-refractivity contribution in [2.45, 2.75) is 0 Å². The number of carbonyl (C=O) groups excluding carboxylic acids is 2. The SMILES string of the molecule is O=C(COc1cccc(/C=C2\SC(=S)N(c3ccccc3)C2=O)c1)Nc1cc(Cl)cc(Cl)c1. The van der Waals surface area contributed by atoms with Crippen LogP contribution in [0.5, 0.6) is 5.75 Å². The monoisotopic (exact) mass is 514 g/mol. The molecule has 5 nitrogen and oxygen atoms in total. The summed E-state index contributed by atoms with van der Waals surface area (Å²) in [5.41, 5.74) is 1.96. The lowest BCUT2D eigenvalue weighted by molar-refractivity contribution is -0.118. The van der Waals surface area contributed by atoms with Gasteiger partial charge in [-0.1, -0.05) is 77.5 Å². The average molecular weight is 515 g/mol. The molecule has 1 aliphatic heterocycles. The fourth-order valence-electron chi connectivity index (χ4n) is 3.08. The Labute approximate surface area is 210 Å². The molecule has 0 radical (unpaired) electrons. The summed E-state index contributed by atoms with van der Waals surface area (Å²) in [6, 6.07) is 21.1. The van der Waals surface area contributed by atoms with Crippen molar-refractivity contribution in [2.75, 3.05) is 16.8 Å². The minimum atomic E-state index is -0.359. The number of hydrogen-bond donors (Lipinski definition) is 1. The number of amides is 2. The number of hydrogen-bond acceptors (Lipinski definition) is 5. The zero-order valence-corrected chi connectivity index (χ0v) is 20.1. The second kappa shape index (κ2) is 10.4. The fourth-order valence-corrected chi connectivity index (χ4v) is 4.91. The molecule has 1 N–H and O–H groups in total. The largest absolute Gasteiger partial charge is 0.484 e.